The molecule has 0 saturated heterocycles. The molecule has 13 heteroatoms. The van der Waals surface area contributed by atoms with Gasteiger partial charge in [0.1, 0.15) is 23.9 Å². The molecule has 1 heterocycles. The molecule has 5 unspecified atom stereocenters. The molecule has 0 spiro atoms. The number of imidazole rings is 1. The minimum absolute atomic E-state index is 0.0250. The van der Waals surface area contributed by atoms with E-state index >= 15 is 0 Å². The van der Waals surface area contributed by atoms with Crippen molar-refractivity contribution in [2.24, 2.45) is 11.7 Å². The molecule has 1 aromatic heterocycles. The third-order valence-corrected chi connectivity index (χ3v) is 5.72. The maximum Gasteiger partial charge on any atom is 0.326 e. The first-order chi connectivity index (χ1) is 17.9. The Balaban J connectivity index is 2.15. The number of H-pyrrole nitrogens is 1. The number of nitrogens with zero attached hydrogens (tertiary/aromatic N) is 1. The summed E-state index contributed by atoms with van der Waals surface area (Å²) < 4.78 is 0. The molecule has 0 bridgehead atoms. The number of rotatable bonds is 14. The maximum absolute atomic E-state index is 13.2. The average Bonchev–Trinajstić information content (AvgIpc) is 3.35. The lowest BCUT2D eigenvalue weighted by Crippen LogP contribution is -2.60. The zero-order valence-electron chi connectivity index (χ0n) is 21.5. The van der Waals surface area contributed by atoms with Gasteiger partial charge in [0.15, 0.2) is 0 Å². The van der Waals surface area contributed by atoms with E-state index in [1.165, 1.54) is 31.6 Å². The van der Waals surface area contributed by atoms with Crippen molar-refractivity contribution >= 4 is 23.7 Å². The second kappa shape index (κ2) is 14.1. The van der Waals surface area contributed by atoms with E-state index in [0.29, 0.717) is 11.3 Å². The first-order valence-corrected chi connectivity index (χ1v) is 12.2. The van der Waals surface area contributed by atoms with Gasteiger partial charge in [0, 0.05) is 18.3 Å². The standard InChI is InChI=1S/C25H36N6O7/c1-13(2)8-20(25(37)38)30-24(36)21(14(3)32)31-23(35)19(10-16-11-27-12-28-16)29-22(34)18(26)9-15-4-6-17(33)7-5-15/h4-7,11-14,18-21,32-33H,8-10,26H2,1-3H3,(H,27,28)(H,29,34)(H,30,36)(H,31,35)(H,37,38). The Morgan fingerprint density at radius 3 is 2.11 bits per heavy atom. The number of aromatic amines is 1. The highest BCUT2D eigenvalue weighted by atomic mass is 16.4. The van der Waals surface area contributed by atoms with Crippen LogP contribution in [0, 0.1) is 5.92 Å². The monoisotopic (exact) mass is 532 g/mol. The van der Waals surface area contributed by atoms with Gasteiger partial charge in [-0.15, -0.1) is 0 Å². The fourth-order valence-electron chi connectivity index (χ4n) is 3.70. The van der Waals surface area contributed by atoms with Gasteiger partial charge in [-0.2, -0.15) is 0 Å². The number of carboxylic acid groups (broad SMARTS) is 1. The maximum atomic E-state index is 13.2. The zero-order chi connectivity index (χ0) is 28.4. The van der Waals surface area contributed by atoms with Gasteiger partial charge in [-0.05, 0) is 43.4 Å². The average molecular weight is 533 g/mol. The number of phenolic OH excluding ortho intramolecular Hbond substituents is 1. The van der Waals surface area contributed by atoms with Gasteiger partial charge >= 0.3 is 5.97 Å². The number of aromatic nitrogens is 2. The van der Waals surface area contributed by atoms with Crippen molar-refractivity contribution in [3.63, 3.8) is 0 Å². The lowest BCUT2D eigenvalue weighted by atomic mass is 10.0. The highest BCUT2D eigenvalue weighted by Crippen LogP contribution is 2.11. The van der Waals surface area contributed by atoms with Crippen LogP contribution in [0.2, 0.25) is 0 Å². The van der Waals surface area contributed by atoms with Crippen molar-refractivity contribution in [3.05, 3.63) is 48.0 Å². The molecule has 1 aromatic carbocycles. The number of hydrogen-bond acceptors (Lipinski definition) is 8. The fraction of sp³-hybridized carbons (Fsp3) is 0.480. The molecule has 13 nitrogen and oxygen atoms in total. The number of aliphatic hydroxyl groups excluding tert-OH is 1. The lowest BCUT2D eigenvalue weighted by Gasteiger charge is -2.26. The molecule has 208 valence electrons. The second-order valence-corrected chi connectivity index (χ2v) is 9.58. The van der Waals surface area contributed by atoms with E-state index in [1.807, 2.05) is 0 Å². The molecule has 5 atom stereocenters. The Morgan fingerprint density at radius 2 is 1.58 bits per heavy atom. The van der Waals surface area contributed by atoms with Crippen LogP contribution in [0.4, 0.5) is 0 Å². The molecule has 9 N–H and O–H groups in total. The number of aromatic hydroxyl groups is 1. The largest absolute Gasteiger partial charge is 0.508 e. The summed E-state index contributed by atoms with van der Waals surface area (Å²) in [5.41, 5.74) is 7.25. The summed E-state index contributed by atoms with van der Waals surface area (Å²) >= 11 is 0. The van der Waals surface area contributed by atoms with Gasteiger partial charge in [-0.25, -0.2) is 9.78 Å². The van der Waals surface area contributed by atoms with Crippen LogP contribution in [-0.4, -0.2) is 79.2 Å². The van der Waals surface area contributed by atoms with Crippen LogP contribution < -0.4 is 21.7 Å². The fourth-order valence-corrected chi connectivity index (χ4v) is 3.70. The SMILES string of the molecule is CC(C)CC(NC(=O)C(NC(=O)C(Cc1cnc[nH]1)NC(=O)C(N)Cc1ccc(O)cc1)C(C)O)C(=O)O. The smallest absolute Gasteiger partial charge is 0.326 e. The van der Waals surface area contributed by atoms with Crippen molar-refractivity contribution in [2.45, 2.75) is 70.3 Å². The first kappa shape index (κ1) is 30.3. The third kappa shape index (κ3) is 9.48. The molecule has 0 fully saturated rings. The minimum Gasteiger partial charge on any atom is -0.508 e. The van der Waals surface area contributed by atoms with Gasteiger partial charge in [0.05, 0.1) is 18.5 Å². The van der Waals surface area contributed by atoms with Crippen LogP contribution in [0.15, 0.2) is 36.8 Å². The van der Waals surface area contributed by atoms with E-state index in [0.717, 1.165) is 0 Å². The molecule has 0 aliphatic heterocycles. The van der Waals surface area contributed by atoms with Crippen molar-refractivity contribution < 1.29 is 34.5 Å². The molecular formula is C25H36N6O7. The van der Waals surface area contributed by atoms with Crippen LogP contribution >= 0.6 is 0 Å². The van der Waals surface area contributed by atoms with Gasteiger partial charge in [0.2, 0.25) is 17.7 Å². The highest BCUT2D eigenvalue weighted by Gasteiger charge is 2.33. The van der Waals surface area contributed by atoms with Crippen LogP contribution in [0.5, 0.6) is 5.75 Å². The van der Waals surface area contributed by atoms with E-state index in [1.54, 1.807) is 26.0 Å². The van der Waals surface area contributed by atoms with Crippen molar-refractivity contribution in [3.8, 4) is 5.75 Å². The Labute approximate surface area is 220 Å². The molecule has 0 aliphatic rings. The van der Waals surface area contributed by atoms with Gasteiger partial charge in [-0.3, -0.25) is 14.4 Å². The summed E-state index contributed by atoms with van der Waals surface area (Å²) in [5, 5.41) is 36.4. The summed E-state index contributed by atoms with van der Waals surface area (Å²) in [6, 6.07) is 1.24. The highest BCUT2D eigenvalue weighted by molar-refractivity contribution is 5.94. The number of phenols is 1. The molecule has 38 heavy (non-hydrogen) atoms. The Bertz CT molecular complexity index is 1070. The Morgan fingerprint density at radius 1 is 0.947 bits per heavy atom. The number of amides is 3. The van der Waals surface area contributed by atoms with E-state index in [2.05, 4.69) is 25.9 Å². The van der Waals surface area contributed by atoms with Crippen molar-refractivity contribution in [1.82, 2.24) is 25.9 Å². The number of carbonyl (C=O) groups is 4. The zero-order valence-corrected chi connectivity index (χ0v) is 21.5. The summed E-state index contributed by atoms with van der Waals surface area (Å²) in [6.07, 6.45) is 1.76. The third-order valence-electron chi connectivity index (χ3n) is 5.72. The van der Waals surface area contributed by atoms with E-state index in [9.17, 15) is 34.5 Å². The number of benzene rings is 1. The number of carbonyl (C=O) groups excluding carboxylic acids is 3. The van der Waals surface area contributed by atoms with E-state index in [4.69, 9.17) is 5.73 Å². The van der Waals surface area contributed by atoms with Crippen LogP contribution in [0.25, 0.3) is 0 Å². The molecule has 2 aromatic rings. The van der Waals surface area contributed by atoms with Gasteiger partial charge in [0.25, 0.3) is 0 Å². The Hall–Kier alpha value is -3.97. The van der Waals surface area contributed by atoms with E-state index in [-0.39, 0.29) is 30.9 Å². The van der Waals surface area contributed by atoms with Crippen molar-refractivity contribution in [2.75, 3.05) is 0 Å². The predicted octanol–water partition coefficient (Wildman–Crippen LogP) is -0.806. The molecule has 2 rings (SSSR count). The molecule has 0 radical (unpaired) electrons. The quantitative estimate of drug-likeness (QED) is 0.152. The Kier molecular flexibility index (Phi) is 11.2. The molecule has 3 amide bonds. The van der Waals surface area contributed by atoms with Crippen LogP contribution in [0.3, 0.4) is 0 Å². The topological polar surface area (TPSA) is 220 Å². The first-order valence-electron chi connectivity index (χ1n) is 12.2. The lowest BCUT2D eigenvalue weighted by molar-refractivity contribution is -0.143. The van der Waals surface area contributed by atoms with Crippen LogP contribution in [-0.2, 0) is 32.0 Å². The number of nitrogens with one attached hydrogen (secondary N) is 4. The molecule has 0 saturated carbocycles. The number of carboxylic acids is 1. The summed E-state index contributed by atoms with van der Waals surface area (Å²) in [5.74, 6) is -3.51. The number of hydrogen-bond donors (Lipinski definition) is 8. The predicted molar refractivity (Wildman–Crippen MR) is 137 cm³/mol. The molecule has 0 aliphatic carbocycles. The van der Waals surface area contributed by atoms with Gasteiger partial charge in [-0.1, -0.05) is 26.0 Å². The number of nitrogens with two attached hydrogens (primary N) is 1. The summed E-state index contributed by atoms with van der Waals surface area (Å²) in [6.45, 7) is 4.87. The van der Waals surface area contributed by atoms with E-state index < -0.39 is 54.0 Å². The van der Waals surface area contributed by atoms with Gasteiger partial charge < -0.3 is 42.0 Å². The van der Waals surface area contributed by atoms with Crippen molar-refractivity contribution in [1.29, 1.82) is 0 Å². The second-order valence-electron chi connectivity index (χ2n) is 9.58. The summed E-state index contributed by atoms with van der Waals surface area (Å²) in [7, 11) is 0. The number of aliphatic carboxylic acids is 1. The minimum atomic E-state index is -1.48. The number of aliphatic hydroxyl groups is 1. The molecular weight excluding hydrogens is 496 g/mol. The van der Waals surface area contributed by atoms with Crippen LogP contribution in [0.1, 0.15) is 38.4 Å². The summed E-state index contributed by atoms with van der Waals surface area (Å²) in [4.78, 5) is 57.2. The normalized spacial score (nSPS) is 15.1.